The highest BCUT2D eigenvalue weighted by Crippen LogP contribution is 2.66. The summed E-state index contributed by atoms with van der Waals surface area (Å²) in [4.78, 5) is 0. The van der Waals surface area contributed by atoms with Gasteiger partial charge in [-0.25, -0.2) is 0 Å². The Morgan fingerprint density at radius 3 is 2.46 bits per heavy atom. The van der Waals surface area contributed by atoms with Crippen molar-refractivity contribution in [2.75, 3.05) is 6.61 Å². The number of ether oxygens (including phenoxy) is 1. The van der Waals surface area contributed by atoms with Gasteiger partial charge in [0.1, 0.15) is 0 Å². The quantitative estimate of drug-likeness (QED) is 0.636. The Hall–Kier alpha value is -0.0400. The molecule has 1 heteroatoms. The van der Waals surface area contributed by atoms with Crippen LogP contribution in [0.25, 0.3) is 0 Å². The molecule has 3 unspecified atom stereocenters. The lowest BCUT2D eigenvalue weighted by molar-refractivity contribution is -0.0358. The zero-order valence-electron chi connectivity index (χ0n) is 9.10. The molecule has 3 atom stereocenters. The van der Waals surface area contributed by atoms with E-state index in [1.165, 1.54) is 19.3 Å². The van der Waals surface area contributed by atoms with Crippen LogP contribution in [0.1, 0.15) is 40.0 Å². The minimum Gasteiger partial charge on any atom is -0.378 e. The van der Waals surface area contributed by atoms with E-state index in [0.29, 0.717) is 23.5 Å². The lowest BCUT2D eigenvalue weighted by Crippen LogP contribution is -2.37. The van der Waals surface area contributed by atoms with E-state index in [-0.39, 0.29) is 0 Å². The summed E-state index contributed by atoms with van der Waals surface area (Å²) >= 11 is 0. The van der Waals surface area contributed by atoms with E-state index < -0.39 is 0 Å². The topological polar surface area (TPSA) is 9.23 Å². The maximum atomic E-state index is 5.76. The minimum absolute atomic E-state index is 0.412. The zero-order valence-corrected chi connectivity index (χ0v) is 9.10. The van der Waals surface area contributed by atoms with Crippen molar-refractivity contribution in [2.24, 2.45) is 16.7 Å². The van der Waals surface area contributed by atoms with Gasteiger partial charge in [-0.3, -0.25) is 0 Å². The minimum atomic E-state index is 0.412. The predicted molar refractivity (Wildman–Crippen MR) is 54.3 cm³/mol. The van der Waals surface area contributed by atoms with Crippen molar-refractivity contribution >= 4 is 0 Å². The van der Waals surface area contributed by atoms with Crippen LogP contribution in [0, 0.1) is 23.7 Å². The lowest BCUT2D eigenvalue weighted by atomic mass is 9.70. The Balaban J connectivity index is 2.22. The molecule has 0 aromatic heterocycles. The molecule has 0 saturated heterocycles. The highest BCUT2D eigenvalue weighted by atomic mass is 16.5. The van der Waals surface area contributed by atoms with Crippen LogP contribution < -0.4 is 0 Å². The van der Waals surface area contributed by atoms with Gasteiger partial charge >= 0.3 is 0 Å². The van der Waals surface area contributed by atoms with Gasteiger partial charge < -0.3 is 4.74 Å². The maximum absolute atomic E-state index is 5.76. The summed E-state index contributed by atoms with van der Waals surface area (Å²) in [5.74, 6) is 0.883. The summed E-state index contributed by atoms with van der Waals surface area (Å²) in [6, 6.07) is 0. The third-order valence-electron chi connectivity index (χ3n) is 5.03. The van der Waals surface area contributed by atoms with Crippen molar-refractivity contribution in [1.29, 1.82) is 0 Å². The van der Waals surface area contributed by atoms with Crippen molar-refractivity contribution in [3.05, 3.63) is 6.92 Å². The Morgan fingerprint density at radius 2 is 2.08 bits per heavy atom. The molecule has 0 spiro atoms. The van der Waals surface area contributed by atoms with Crippen LogP contribution >= 0.6 is 0 Å². The van der Waals surface area contributed by atoms with Gasteiger partial charge in [-0.05, 0) is 42.9 Å². The van der Waals surface area contributed by atoms with Crippen molar-refractivity contribution in [2.45, 2.75) is 46.1 Å². The molecule has 0 aromatic carbocycles. The van der Waals surface area contributed by atoms with Gasteiger partial charge in [0.15, 0.2) is 0 Å². The number of rotatable bonds is 2. The van der Waals surface area contributed by atoms with E-state index in [9.17, 15) is 0 Å². The van der Waals surface area contributed by atoms with Gasteiger partial charge in [0, 0.05) is 6.61 Å². The number of hydrogen-bond donors (Lipinski definition) is 0. The van der Waals surface area contributed by atoms with Gasteiger partial charge in [0.05, 0.1) is 6.10 Å². The first-order valence-corrected chi connectivity index (χ1v) is 5.43. The second-order valence-electron chi connectivity index (χ2n) is 5.47. The van der Waals surface area contributed by atoms with Crippen molar-refractivity contribution in [3.8, 4) is 0 Å². The molecular weight excluding hydrogens is 160 g/mol. The Morgan fingerprint density at radius 1 is 1.38 bits per heavy atom. The summed E-state index contributed by atoms with van der Waals surface area (Å²) in [6.45, 7) is 11.6. The fraction of sp³-hybridized carbons (Fsp3) is 0.917. The Labute approximate surface area is 81.9 Å². The van der Waals surface area contributed by atoms with Crippen LogP contribution in [0.2, 0.25) is 0 Å². The fourth-order valence-corrected chi connectivity index (χ4v) is 3.52. The van der Waals surface area contributed by atoms with E-state index in [0.717, 1.165) is 5.92 Å². The number of hydrogen-bond acceptors (Lipinski definition) is 1. The highest BCUT2D eigenvalue weighted by Gasteiger charge is 2.61. The molecule has 2 saturated carbocycles. The first-order chi connectivity index (χ1) is 6.02. The first kappa shape index (κ1) is 9.51. The van der Waals surface area contributed by atoms with Crippen molar-refractivity contribution < 1.29 is 4.74 Å². The van der Waals surface area contributed by atoms with Crippen molar-refractivity contribution in [1.82, 2.24) is 0 Å². The third kappa shape index (κ3) is 1.03. The van der Waals surface area contributed by atoms with Crippen LogP contribution in [0.3, 0.4) is 0 Å². The summed E-state index contributed by atoms with van der Waals surface area (Å²) in [7, 11) is 0. The fourth-order valence-electron chi connectivity index (χ4n) is 3.52. The monoisotopic (exact) mass is 181 g/mol. The molecule has 75 valence electrons. The van der Waals surface area contributed by atoms with Gasteiger partial charge in [-0.1, -0.05) is 20.8 Å². The van der Waals surface area contributed by atoms with E-state index >= 15 is 0 Å². The van der Waals surface area contributed by atoms with Gasteiger partial charge in [-0.2, -0.15) is 0 Å². The second-order valence-corrected chi connectivity index (χ2v) is 5.47. The Kier molecular flexibility index (Phi) is 1.99. The van der Waals surface area contributed by atoms with E-state index in [1.54, 1.807) is 0 Å². The first-order valence-electron chi connectivity index (χ1n) is 5.43. The standard InChI is InChI=1S/C12H21O/c1-5-13-10-8-9-6-7-12(10,4)11(9,2)3/h9-10H,1,5-8H2,2-4H3. The molecule has 1 radical (unpaired) electrons. The molecule has 2 aliphatic carbocycles. The summed E-state index contributed by atoms with van der Waals surface area (Å²) in [6.07, 6.45) is 4.48. The molecule has 1 nitrogen and oxygen atoms in total. The van der Waals surface area contributed by atoms with Crippen LogP contribution in [-0.4, -0.2) is 12.7 Å². The molecule has 2 bridgehead atoms. The Bertz CT molecular complexity index is 209. The van der Waals surface area contributed by atoms with Crippen LogP contribution in [0.15, 0.2) is 0 Å². The number of fused-ring (bicyclic) bond motifs is 2. The smallest absolute Gasteiger partial charge is 0.0636 e. The third-order valence-corrected chi connectivity index (χ3v) is 5.03. The van der Waals surface area contributed by atoms with Crippen LogP contribution in [0.4, 0.5) is 0 Å². The summed E-state index contributed by atoms with van der Waals surface area (Å²) < 4.78 is 5.76. The molecule has 0 heterocycles. The molecule has 2 fully saturated rings. The molecule has 2 aliphatic rings. The van der Waals surface area contributed by atoms with Crippen molar-refractivity contribution in [3.63, 3.8) is 0 Å². The molecule has 0 aromatic rings. The summed E-state index contributed by atoms with van der Waals surface area (Å²) in [5, 5.41) is 0. The SMILES string of the molecule is [CH2]COC1CC2CCC1(C)C2(C)C. The maximum Gasteiger partial charge on any atom is 0.0636 e. The lowest BCUT2D eigenvalue weighted by Gasteiger charge is -2.38. The van der Waals surface area contributed by atoms with E-state index in [4.69, 9.17) is 4.74 Å². The molecule has 0 aliphatic heterocycles. The van der Waals surface area contributed by atoms with Gasteiger partial charge in [0.2, 0.25) is 0 Å². The predicted octanol–water partition coefficient (Wildman–Crippen LogP) is 3.05. The molecular formula is C12H21O. The van der Waals surface area contributed by atoms with Crippen LogP contribution in [0.5, 0.6) is 0 Å². The van der Waals surface area contributed by atoms with Gasteiger partial charge in [0.25, 0.3) is 0 Å². The largest absolute Gasteiger partial charge is 0.378 e. The highest BCUT2D eigenvalue weighted by molar-refractivity contribution is 5.11. The zero-order chi connectivity index (χ0) is 9.69. The van der Waals surface area contributed by atoms with E-state index in [1.807, 2.05) is 0 Å². The van der Waals surface area contributed by atoms with E-state index in [2.05, 4.69) is 27.7 Å². The molecule has 0 N–H and O–H groups in total. The average molecular weight is 181 g/mol. The van der Waals surface area contributed by atoms with Crippen LogP contribution in [-0.2, 0) is 4.74 Å². The average Bonchev–Trinajstić information content (AvgIpc) is 2.37. The molecule has 13 heavy (non-hydrogen) atoms. The molecule has 2 rings (SSSR count). The second kappa shape index (κ2) is 2.73. The molecule has 0 amide bonds. The van der Waals surface area contributed by atoms with Gasteiger partial charge in [-0.15, -0.1) is 0 Å². The normalized spacial score (nSPS) is 47.1. The summed E-state index contributed by atoms with van der Waals surface area (Å²) in [5.41, 5.74) is 0.891.